The van der Waals surface area contributed by atoms with Crippen molar-refractivity contribution in [2.45, 2.75) is 38.5 Å². The van der Waals surface area contributed by atoms with E-state index in [-0.39, 0.29) is 17.7 Å². The molecule has 0 radical (unpaired) electrons. The molecular weight excluding hydrogens is 354 g/mol. The Morgan fingerprint density at radius 3 is 2.15 bits per heavy atom. The zero-order valence-electron chi connectivity index (χ0n) is 15.8. The molecule has 0 aliphatic heterocycles. The maximum absolute atomic E-state index is 12.6. The average molecular weight is 379 g/mol. The number of hydrogen-bond acceptors (Lipinski definition) is 6. The van der Waals surface area contributed by atoms with Crippen LogP contribution in [0.25, 0.3) is 0 Å². The summed E-state index contributed by atoms with van der Waals surface area (Å²) >= 11 is 0. The van der Waals surface area contributed by atoms with E-state index in [1.54, 1.807) is 0 Å². The van der Waals surface area contributed by atoms with Crippen LogP contribution < -0.4 is 14.8 Å². The summed E-state index contributed by atoms with van der Waals surface area (Å²) < 4.78 is 15.1. The molecule has 27 heavy (non-hydrogen) atoms. The quantitative estimate of drug-likeness (QED) is 0.701. The van der Waals surface area contributed by atoms with Crippen molar-refractivity contribution in [3.05, 3.63) is 17.7 Å². The van der Waals surface area contributed by atoms with Crippen molar-refractivity contribution in [1.29, 1.82) is 0 Å². The third-order valence-electron chi connectivity index (χ3n) is 4.97. The Kier molecular flexibility index (Phi) is 6.65. The Hall–Kier alpha value is -2.77. The molecule has 1 aromatic rings. The van der Waals surface area contributed by atoms with Crippen LogP contribution in [0.1, 0.15) is 48.9 Å². The standard InChI is InChI=1S/C19H25NO7/c1-25-14-9-12(17(22)27-3)13(10-15(14)26-2)20-16(21)11-19(18(23)24)7-5-4-6-8-19/h9-10H,4-8,11H2,1-3H3,(H,20,21)(H,23,24). The van der Waals surface area contributed by atoms with Gasteiger partial charge in [0.05, 0.1) is 38.0 Å². The molecule has 0 bridgehead atoms. The van der Waals surface area contributed by atoms with E-state index >= 15 is 0 Å². The van der Waals surface area contributed by atoms with E-state index in [1.807, 2.05) is 0 Å². The molecule has 2 N–H and O–H groups in total. The first kappa shape index (κ1) is 20.5. The smallest absolute Gasteiger partial charge is 0.340 e. The van der Waals surface area contributed by atoms with Crippen molar-refractivity contribution in [1.82, 2.24) is 0 Å². The number of hydrogen-bond donors (Lipinski definition) is 2. The van der Waals surface area contributed by atoms with Gasteiger partial charge in [-0.1, -0.05) is 19.3 Å². The van der Waals surface area contributed by atoms with Gasteiger partial charge in [0.25, 0.3) is 0 Å². The first-order chi connectivity index (χ1) is 12.9. The van der Waals surface area contributed by atoms with Gasteiger partial charge >= 0.3 is 11.9 Å². The molecule has 1 fully saturated rings. The summed E-state index contributed by atoms with van der Waals surface area (Å²) in [6, 6.07) is 2.87. The van der Waals surface area contributed by atoms with E-state index in [9.17, 15) is 19.5 Å². The van der Waals surface area contributed by atoms with E-state index in [0.29, 0.717) is 24.3 Å². The molecule has 1 aliphatic rings. The Labute approximate surface area is 157 Å². The summed E-state index contributed by atoms with van der Waals surface area (Å²) in [6.07, 6.45) is 3.31. The van der Waals surface area contributed by atoms with Crippen molar-refractivity contribution in [2.24, 2.45) is 5.41 Å². The van der Waals surface area contributed by atoms with Crippen LogP contribution in [0.2, 0.25) is 0 Å². The second kappa shape index (κ2) is 8.75. The topological polar surface area (TPSA) is 111 Å². The Morgan fingerprint density at radius 2 is 1.63 bits per heavy atom. The molecule has 0 atom stereocenters. The highest BCUT2D eigenvalue weighted by Gasteiger charge is 2.41. The summed E-state index contributed by atoms with van der Waals surface area (Å²) in [5.41, 5.74) is -0.790. The summed E-state index contributed by atoms with van der Waals surface area (Å²) in [5, 5.41) is 12.3. The first-order valence-electron chi connectivity index (χ1n) is 8.74. The number of benzene rings is 1. The fraction of sp³-hybridized carbons (Fsp3) is 0.526. The summed E-state index contributed by atoms with van der Waals surface area (Å²) in [5.74, 6) is -1.46. The third-order valence-corrected chi connectivity index (χ3v) is 4.97. The number of carboxylic acid groups (broad SMARTS) is 1. The molecule has 8 heteroatoms. The van der Waals surface area contributed by atoms with Gasteiger partial charge in [-0.25, -0.2) is 4.79 Å². The fourth-order valence-electron chi connectivity index (χ4n) is 3.46. The number of carbonyl (C=O) groups excluding carboxylic acids is 2. The average Bonchev–Trinajstić information content (AvgIpc) is 2.67. The van der Waals surface area contributed by atoms with Crippen LogP contribution >= 0.6 is 0 Å². The lowest BCUT2D eigenvalue weighted by molar-refractivity contribution is -0.153. The van der Waals surface area contributed by atoms with E-state index in [2.05, 4.69) is 5.32 Å². The highest BCUT2D eigenvalue weighted by molar-refractivity contribution is 6.03. The van der Waals surface area contributed by atoms with Gasteiger partial charge in [0.15, 0.2) is 11.5 Å². The number of amides is 1. The molecule has 0 heterocycles. The molecule has 1 amide bonds. The molecule has 0 spiro atoms. The lowest BCUT2D eigenvalue weighted by atomic mass is 9.71. The van der Waals surface area contributed by atoms with Gasteiger partial charge < -0.3 is 24.6 Å². The van der Waals surface area contributed by atoms with Gasteiger partial charge in [0.1, 0.15) is 0 Å². The highest BCUT2D eigenvalue weighted by Crippen LogP contribution is 2.40. The van der Waals surface area contributed by atoms with E-state index in [4.69, 9.17) is 14.2 Å². The number of nitrogens with one attached hydrogen (secondary N) is 1. The Morgan fingerprint density at radius 1 is 1.04 bits per heavy atom. The van der Waals surface area contributed by atoms with Gasteiger partial charge in [-0.3, -0.25) is 9.59 Å². The molecule has 0 unspecified atom stereocenters. The number of anilines is 1. The zero-order valence-corrected chi connectivity index (χ0v) is 15.8. The molecular formula is C19H25NO7. The van der Waals surface area contributed by atoms with Gasteiger partial charge in [-0.2, -0.15) is 0 Å². The van der Waals surface area contributed by atoms with E-state index < -0.39 is 23.3 Å². The molecule has 1 aromatic carbocycles. The number of rotatable bonds is 7. The van der Waals surface area contributed by atoms with Crippen LogP contribution in [0, 0.1) is 5.41 Å². The minimum absolute atomic E-state index is 0.0940. The molecule has 0 saturated heterocycles. The van der Waals surface area contributed by atoms with Crippen molar-refractivity contribution in [3.63, 3.8) is 0 Å². The van der Waals surface area contributed by atoms with Gasteiger partial charge in [0, 0.05) is 18.6 Å². The maximum atomic E-state index is 12.6. The maximum Gasteiger partial charge on any atom is 0.340 e. The van der Waals surface area contributed by atoms with Crippen molar-refractivity contribution >= 4 is 23.5 Å². The van der Waals surface area contributed by atoms with Crippen LogP contribution in [0.15, 0.2) is 12.1 Å². The molecule has 8 nitrogen and oxygen atoms in total. The summed E-state index contributed by atoms with van der Waals surface area (Å²) in [7, 11) is 4.09. The highest BCUT2D eigenvalue weighted by atomic mass is 16.5. The predicted molar refractivity (Wildman–Crippen MR) is 97.3 cm³/mol. The third kappa shape index (κ3) is 4.50. The second-order valence-corrected chi connectivity index (χ2v) is 6.62. The van der Waals surface area contributed by atoms with Gasteiger partial charge in [-0.15, -0.1) is 0 Å². The molecule has 2 rings (SSSR count). The number of carbonyl (C=O) groups is 3. The summed E-state index contributed by atoms with van der Waals surface area (Å²) in [4.78, 5) is 36.5. The monoisotopic (exact) mass is 379 g/mol. The normalized spacial score (nSPS) is 15.5. The SMILES string of the molecule is COC(=O)c1cc(OC)c(OC)cc1NC(=O)CC1(C(=O)O)CCCCC1. The van der Waals surface area contributed by atoms with Crippen molar-refractivity contribution in [2.75, 3.05) is 26.6 Å². The first-order valence-corrected chi connectivity index (χ1v) is 8.74. The molecule has 148 valence electrons. The van der Waals surface area contributed by atoms with Crippen molar-refractivity contribution in [3.8, 4) is 11.5 Å². The lowest BCUT2D eigenvalue weighted by Gasteiger charge is -2.32. The van der Waals surface area contributed by atoms with E-state index in [1.165, 1.54) is 33.5 Å². The van der Waals surface area contributed by atoms with E-state index in [0.717, 1.165) is 19.3 Å². The predicted octanol–water partition coefficient (Wildman–Crippen LogP) is 2.85. The van der Waals surface area contributed by atoms with Gasteiger partial charge in [0.2, 0.25) is 5.91 Å². The largest absolute Gasteiger partial charge is 0.493 e. The summed E-state index contributed by atoms with van der Waals surface area (Å²) in [6.45, 7) is 0. The number of aliphatic carboxylic acids is 1. The second-order valence-electron chi connectivity index (χ2n) is 6.62. The van der Waals surface area contributed by atoms with Crippen LogP contribution in [0.3, 0.4) is 0 Å². The minimum Gasteiger partial charge on any atom is -0.493 e. The minimum atomic E-state index is -1.07. The Balaban J connectivity index is 2.30. The fourth-order valence-corrected chi connectivity index (χ4v) is 3.46. The number of methoxy groups -OCH3 is 3. The zero-order chi connectivity index (χ0) is 20.0. The Bertz CT molecular complexity index is 723. The molecule has 1 saturated carbocycles. The number of ether oxygens (including phenoxy) is 3. The van der Waals surface area contributed by atoms with Crippen LogP contribution in [0.4, 0.5) is 5.69 Å². The van der Waals surface area contributed by atoms with Crippen LogP contribution in [0.5, 0.6) is 11.5 Å². The van der Waals surface area contributed by atoms with Crippen LogP contribution in [-0.4, -0.2) is 44.3 Å². The van der Waals surface area contributed by atoms with Gasteiger partial charge in [-0.05, 0) is 12.8 Å². The molecule has 1 aliphatic carbocycles. The molecule has 0 aromatic heterocycles. The number of esters is 1. The number of carboxylic acids is 1. The van der Waals surface area contributed by atoms with Crippen molar-refractivity contribution < 1.29 is 33.7 Å². The van der Waals surface area contributed by atoms with Crippen LogP contribution in [-0.2, 0) is 14.3 Å². The lowest BCUT2D eigenvalue weighted by Crippen LogP contribution is -2.37.